The lowest BCUT2D eigenvalue weighted by Crippen LogP contribution is -2.14. The van der Waals surface area contributed by atoms with Crippen LogP contribution in [0.1, 0.15) is 27.3 Å². The number of pyridine rings is 1. The predicted octanol–water partition coefficient (Wildman–Crippen LogP) is 3.44. The number of carbonyl (C=O) groups excluding carboxylic acids is 1. The highest BCUT2D eigenvalue weighted by atomic mass is 16.1. The summed E-state index contributed by atoms with van der Waals surface area (Å²) >= 11 is 0. The van der Waals surface area contributed by atoms with Crippen LogP contribution in [0.15, 0.2) is 48.7 Å². The van der Waals surface area contributed by atoms with Crippen molar-refractivity contribution in [3.63, 3.8) is 0 Å². The van der Waals surface area contributed by atoms with Crippen molar-refractivity contribution in [2.24, 2.45) is 0 Å². The third-order valence-corrected chi connectivity index (χ3v) is 3.60. The van der Waals surface area contributed by atoms with E-state index in [-0.39, 0.29) is 5.91 Å². The molecule has 0 spiro atoms. The van der Waals surface area contributed by atoms with Crippen LogP contribution in [0.5, 0.6) is 0 Å². The van der Waals surface area contributed by atoms with Crippen LogP contribution in [0.2, 0.25) is 0 Å². The summed E-state index contributed by atoms with van der Waals surface area (Å²) in [6.07, 6.45) is 1.66. The molecule has 3 rings (SSSR count). The lowest BCUT2D eigenvalue weighted by Gasteiger charge is -2.09. The number of aryl methyl sites for hydroxylation is 3. The molecule has 1 N–H and O–H groups in total. The summed E-state index contributed by atoms with van der Waals surface area (Å²) < 4.78 is 1.83. The molecule has 0 fully saturated rings. The van der Waals surface area contributed by atoms with Crippen molar-refractivity contribution in [2.75, 3.05) is 5.32 Å². The normalized spacial score (nSPS) is 10.6. The second kappa shape index (κ2) is 6.04. The van der Waals surface area contributed by atoms with E-state index in [0.29, 0.717) is 11.4 Å². The average molecular weight is 306 g/mol. The highest BCUT2D eigenvalue weighted by Crippen LogP contribution is 2.16. The highest BCUT2D eigenvalue weighted by molar-refractivity contribution is 6.04. The van der Waals surface area contributed by atoms with Gasteiger partial charge in [0.2, 0.25) is 0 Å². The van der Waals surface area contributed by atoms with Gasteiger partial charge in [-0.1, -0.05) is 12.1 Å². The number of nitrogens with one attached hydrogen (secondary N) is 1. The van der Waals surface area contributed by atoms with Crippen molar-refractivity contribution in [1.82, 2.24) is 14.8 Å². The topological polar surface area (TPSA) is 59.8 Å². The van der Waals surface area contributed by atoms with Crippen LogP contribution in [-0.2, 0) is 0 Å². The molecule has 0 saturated heterocycles. The molecule has 23 heavy (non-hydrogen) atoms. The van der Waals surface area contributed by atoms with E-state index in [9.17, 15) is 4.79 Å². The molecule has 2 heterocycles. The van der Waals surface area contributed by atoms with E-state index < -0.39 is 0 Å². The summed E-state index contributed by atoms with van der Waals surface area (Å²) in [4.78, 5) is 16.7. The standard InChI is InChI=1S/C18H18N4O/c1-12-6-5-9-19-17(12)20-18(23)15-7-4-8-16(11-15)22-14(3)10-13(2)21-22/h4-11H,1-3H3,(H,19,20,23). The van der Waals surface area contributed by atoms with Crippen LogP contribution in [-0.4, -0.2) is 20.7 Å². The Morgan fingerprint density at radius 3 is 2.61 bits per heavy atom. The number of nitrogens with zero attached hydrogens (tertiary/aromatic N) is 3. The summed E-state index contributed by atoms with van der Waals surface area (Å²) in [5.74, 6) is 0.393. The second-order valence-corrected chi connectivity index (χ2v) is 5.51. The van der Waals surface area contributed by atoms with E-state index >= 15 is 0 Å². The van der Waals surface area contributed by atoms with Gasteiger partial charge in [0.1, 0.15) is 5.82 Å². The van der Waals surface area contributed by atoms with E-state index in [1.54, 1.807) is 12.3 Å². The molecule has 1 amide bonds. The van der Waals surface area contributed by atoms with Crippen molar-refractivity contribution in [1.29, 1.82) is 0 Å². The van der Waals surface area contributed by atoms with Crippen LogP contribution >= 0.6 is 0 Å². The Morgan fingerprint density at radius 1 is 1.09 bits per heavy atom. The third kappa shape index (κ3) is 3.13. The smallest absolute Gasteiger partial charge is 0.256 e. The van der Waals surface area contributed by atoms with Gasteiger partial charge in [-0.3, -0.25) is 4.79 Å². The van der Waals surface area contributed by atoms with Gasteiger partial charge in [-0.05, 0) is 56.7 Å². The number of hydrogen-bond acceptors (Lipinski definition) is 3. The molecule has 116 valence electrons. The maximum atomic E-state index is 12.5. The minimum absolute atomic E-state index is 0.185. The Morgan fingerprint density at radius 2 is 1.91 bits per heavy atom. The molecule has 1 aromatic carbocycles. The molecule has 5 heteroatoms. The Balaban J connectivity index is 1.89. The zero-order valence-electron chi connectivity index (χ0n) is 13.4. The van der Waals surface area contributed by atoms with Crippen LogP contribution in [0.3, 0.4) is 0 Å². The van der Waals surface area contributed by atoms with Crippen LogP contribution in [0.25, 0.3) is 5.69 Å². The Labute approximate surface area is 135 Å². The molecular weight excluding hydrogens is 288 g/mol. The van der Waals surface area contributed by atoms with E-state index in [2.05, 4.69) is 15.4 Å². The molecule has 0 unspecified atom stereocenters. The second-order valence-electron chi connectivity index (χ2n) is 5.51. The molecular formula is C18H18N4O. The monoisotopic (exact) mass is 306 g/mol. The molecule has 0 radical (unpaired) electrons. The van der Waals surface area contributed by atoms with Crippen LogP contribution in [0.4, 0.5) is 5.82 Å². The number of amides is 1. The van der Waals surface area contributed by atoms with Gasteiger partial charge in [-0.15, -0.1) is 0 Å². The van der Waals surface area contributed by atoms with Crippen molar-refractivity contribution < 1.29 is 4.79 Å². The maximum Gasteiger partial charge on any atom is 0.256 e. The first-order chi connectivity index (χ1) is 11.0. The molecule has 2 aromatic heterocycles. The molecule has 0 aliphatic carbocycles. The SMILES string of the molecule is Cc1cc(C)n(-c2cccc(C(=O)Nc3ncccc3C)c2)n1. The van der Waals surface area contributed by atoms with Gasteiger partial charge in [0.25, 0.3) is 5.91 Å². The largest absolute Gasteiger partial charge is 0.306 e. The van der Waals surface area contributed by atoms with Crippen molar-refractivity contribution >= 4 is 11.7 Å². The van der Waals surface area contributed by atoms with Crippen molar-refractivity contribution in [3.05, 3.63) is 71.2 Å². The lowest BCUT2D eigenvalue weighted by molar-refractivity contribution is 0.102. The number of hydrogen-bond donors (Lipinski definition) is 1. The first kappa shape index (κ1) is 15.0. The fraction of sp³-hybridized carbons (Fsp3) is 0.167. The summed E-state index contributed by atoms with van der Waals surface area (Å²) in [5.41, 5.74) is 4.33. The minimum atomic E-state index is -0.185. The van der Waals surface area contributed by atoms with Gasteiger partial charge in [0, 0.05) is 17.5 Å². The molecule has 0 atom stereocenters. The summed E-state index contributed by atoms with van der Waals surface area (Å²) in [5, 5.41) is 7.30. The molecule has 0 aliphatic rings. The van der Waals surface area contributed by atoms with Crippen molar-refractivity contribution in [2.45, 2.75) is 20.8 Å². The van der Waals surface area contributed by atoms with Gasteiger partial charge >= 0.3 is 0 Å². The van der Waals surface area contributed by atoms with Gasteiger partial charge in [0.15, 0.2) is 0 Å². The zero-order chi connectivity index (χ0) is 16.4. The number of carbonyl (C=O) groups is 1. The van der Waals surface area contributed by atoms with E-state index in [0.717, 1.165) is 22.6 Å². The van der Waals surface area contributed by atoms with Crippen molar-refractivity contribution in [3.8, 4) is 5.69 Å². The Kier molecular flexibility index (Phi) is 3.93. The molecule has 5 nitrogen and oxygen atoms in total. The average Bonchev–Trinajstić information content (AvgIpc) is 2.88. The highest BCUT2D eigenvalue weighted by Gasteiger charge is 2.11. The summed E-state index contributed by atoms with van der Waals surface area (Å²) in [6, 6.07) is 13.2. The predicted molar refractivity (Wildman–Crippen MR) is 90.0 cm³/mol. The minimum Gasteiger partial charge on any atom is -0.306 e. The number of anilines is 1. The third-order valence-electron chi connectivity index (χ3n) is 3.60. The summed E-state index contributed by atoms with van der Waals surface area (Å²) in [7, 11) is 0. The van der Waals surface area contributed by atoms with Crippen LogP contribution in [0, 0.1) is 20.8 Å². The first-order valence-corrected chi connectivity index (χ1v) is 7.41. The number of rotatable bonds is 3. The Hall–Kier alpha value is -2.95. The van der Waals surface area contributed by atoms with Gasteiger partial charge in [-0.25, -0.2) is 9.67 Å². The molecule has 0 bridgehead atoms. The first-order valence-electron chi connectivity index (χ1n) is 7.41. The van der Waals surface area contributed by atoms with Crippen LogP contribution < -0.4 is 5.32 Å². The van der Waals surface area contributed by atoms with E-state index in [1.165, 1.54) is 0 Å². The number of benzene rings is 1. The maximum absolute atomic E-state index is 12.5. The fourth-order valence-corrected chi connectivity index (χ4v) is 2.47. The fourth-order valence-electron chi connectivity index (χ4n) is 2.47. The van der Waals surface area contributed by atoms with Gasteiger partial charge in [0.05, 0.1) is 11.4 Å². The van der Waals surface area contributed by atoms with Gasteiger partial charge < -0.3 is 5.32 Å². The van der Waals surface area contributed by atoms with E-state index in [1.807, 2.05) is 61.9 Å². The number of aromatic nitrogens is 3. The molecule has 3 aromatic rings. The molecule has 0 aliphatic heterocycles. The summed E-state index contributed by atoms with van der Waals surface area (Å²) in [6.45, 7) is 5.85. The quantitative estimate of drug-likeness (QED) is 0.806. The molecule has 0 saturated carbocycles. The zero-order valence-corrected chi connectivity index (χ0v) is 13.4. The van der Waals surface area contributed by atoms with Gasteiger partial charge in [-0.2, -0.15) is 5.10 Å². The van der Waals surface area contributed by atoms with E-state index in [4.69, 9.17) is 0 Å². The Bertz CT molecular complexity index is 867. The lowest BCUT2D eigenvalue weighted by atomic mass is 10.2.